The van der Waals surface area contributed by atoms with Gasteiger partial charge in [-0.25, -0.2) is 13.8 Å². The summed E-state index contributed by atoms with van der Waals surface area (Å²) in [6.45, 7) is 0.753. The number of hydrogen-bond donors (Lipinski definition) is 0. The first-order valence-electron chi connectivity index (χ1n) is 11.1. The predicted octanol–water partition coefficient (Wildman–Crippen LogP) is 3.53. The Morgan fingerprint density at radius 2 is 1.78 bits per heavy atom. The first-order chi connectivity index (χ1) is 15.4. The molecule has 1 unspecified atom stereocenters. The van der Waals surface area contributed by atoms with Gasteiger partial charge in [0.1, 0.15) is 23.6 Å². The number of hydrogen-bond acceptors (Lipinski definition) is 5. The van der Waals surface area contributed by atoms with Crippen molar-refractivity contribution in [1.29, 1.82) is 0 Å². The minimum Gasteiger partial charge on any atom is -0.447 e. The fourth-order valence-electron chi connectivity index (χ4n) is 5.41. The highest BCUT2D eigenvalue weighted by molar-refractivity contribution is 5.94. The van der Waals surface area contributed by atoms with Crippen LogP contribution in [0.5, 0.6) is 0 Å². The number of nitrogens with zero attached hydrogens (tertiary/aromatic N) is 3. The highest BCUT2D eigenvalue weighted by atomic mass is 19.1. The van der Waals surface area contributed by atoms with Crippen molar-refractivity contribution in [1.82, 2.24) is 14.8 Å². The Labute approximate surface area is 183 Å². The molecule has 4 fully saturated rings. The SMILES string of the molecule is O=C(c1ncoc1C1CC1)N1CCC2(CC1)OC1CC[C@@H](c3cc(F)cc(F)c3)N1C2=O. The lowest BCUT2D eigenvalue weighted by Crippen LogP contribution is -2.51. The average molecular weight is 443 g/mol. The minimum absolute atomic E-state index is 0.151. The third kappa shape index (κ3) is 3.05. The summed E-state index contributed by atoms with van der Waals surface area (Å²) in [5.74, 6) is -0.693. The Morgan fingerprint density at radius 1 is 1.06 bits per heavy atom. The Kier molecular flexibility index (Phi) is 4.40. The van der Waals surface area contributed by atoms with Crippen LogP contribution in [0, 0.1) is 11.6 Å². The minimum atomic E-state index is -0.991. The molecular formula is C23H23F2N3O4. The van der Waals surface area contributed by atoms with Crippen LogP contribution in [-0.4, -0.2) is 51.5 Å². The largest absolute Gasteiger partial charge is 0.447 e. The molecule has 2 aromatic rings. The number of benzene rings is 1. The lowest BCUT2D eigenvalue weighted by atomic mass is 9.89. The number of carbonyl (C=O) groups is 2. The molecule has 3 saturated heterocycles. The number of rotatable bonds is 3. The molecule has 1 aliphatic carbocycles. The van der Waals surface area contributed by atoms with Crippen molar-refractivity contribution in [2.45, 2.75) is 62.3 Å². The van der Waals surface area contributed by atoms with E-state index in [1.54, 1.807) is 9.80 Å². The average Bonchev–Trinajstić information content (AvgIpc) is 3.25. The van der Waals surface area contributed by atoms with Crippen molar-refractivity contribution < 1.29 is 27.5 Å². The molecule has 4 aliphatic rings. The van der Waals surface area contributed by atoms with Crippen molar-refractivity contribution in [3.05, 3.63) is 53.2 Å². The van der Waals surface area contributed by atoms with E-state index < -0.39 is 29.5 Å². The van der Waals surface area contributed by atoms with E-state index in [2.05, 4.69) is 4.98 Å². The third-order valence-corrected chi connectivity index (χ3v) is 7.19. The lowest BCUT2D eigenvalue weighted by Gasteiger charge is -2.37. The molecule has 9 heteroatoms. The zero-order chi connectivity index (χ0) is 22.0. The summed E-state index contributed by atoms with van der Waals surface area (Å²) < 4.78 is 39.2. The molecule has 0 N–H and O–H groups in total. The normalized spacial score (nSPS) is 26.8. The van der Waals surface area contributed by atoms with Crippen LogP contribution in [0.15, 0.2) is 29.0 Å². The first-order valence-corrected chi connectivity index (χ1v) is 11.1. The maximum Gasteiger partial charge on any atom is 0.276 e. The zero-order valence-corrected chi connectivity index (χ0v) is 17.4. The quantitative estimate of drug-likeness (QED) is 0.726. The summed E-state index contributed by atoms with van der Waals surface area (Å²) in [5.41, 5.74) is -0.170. The van der Waals surface area contributed by atoms with Gasteiger partial charge >= 0.3 is 0 Å². The van der Waals surface area contributed by atoms with Crippen LogP contribution in [0.1, 0.15) is 72.3 Å². The molecule has 4 heterocycles. The second-order valence-electron chi connectivity index (χ2n) is 9.21. The number of aromatic nitrogens is 1. The van der Waals surface area contributed by atoms with E-state index in [-0.39, 0.29) is 17.7 Å². The van der Waals surface area contributed by atoms with Crippen molar-refractivity contribution in [2.24, 2.45) is 0 Å². The van der Waals surface area contributed by atoms with Crippen molar-refractivity contribution in [3.8, 4) is 0 Å². The Balaban J connectivity index is 1.18. The summed E-state index contributed by atoms with van der Waals surface area (Å²) in [6.07, 6.45) is 4.90. The third-order valence-electron chi connectivity index (χ3n) is 7.19. The van der Waals surface area contributed by atoms with Crippen LogP contribution >= 0.6 is 0 Å². The number of amides is 2. The van der Waals surface area contributed by atoms with Gasteiger partial charge in [0.05, 0.1) is 6.04 Å². The fourth-order valence-corrected chi connectivity index (χ4v) is 5.41. The van der Waals surface area contributed by atoms with Gasteiger partial charge in [0.25, 0.3) is 11.8 Å². The van der Waals surface area contributed by atoms with Gasteiger partial charge in [0, 0.05) is 37.9 Å². The Morgan fingerprint density at radius 3 is 2.47 bits per heavy atom. The van der Waals surface area contributed by atoms with Crippen molar-refractivity contribution >= 4 is 11.8 Å². The van der Waals surface area contributed by atoms with Crippen molar-refractivity contribution in [2.75, 3.05) is 13.1 Å². The van der Waals surface area contributed by atoms with Crippen LogP contribution in [0.3, 0.4) is 0 Å². The number of halogens is 2. The number of fused-ring (bicyclic) bond motifs is 1. The molecule has 1 aromatic heterocycles. The number of ether oxygens (including phenoxy) is 1. The topological polar surface area (TPSA) is 75.9 Å². The lowest BCUT2D eigenvalue weighted by molar-refractivity contribution is -0.142. The van der Waals surface area contributed by atoms with E-state index in [4.69, 9.17) is 9.15 Å². The smallest absolute Gasteiger partial charge is 0.276 e. The van der Waals surface area contributed by atoms with Gasteiger partial charge in [-0.3, -0.25) is 9.59 Å². The number of piperidine rings is 1. The van der Waals surface area contributed by atoms with Gasteiger partial charge in [0.15, 0.2) is 17.7 Å². The summed E-state index contributed by atoms with van der Waals surface area (Å²) in [5, 5.41) is 0. The molecule has 6 rings (SSSR count). The van der Waals surface area contributed by atoms with Gasteiger partial charge in [-0.1, -0.05) is 0 Å². The van der Waals surface area contributed by atoms with Gasteiger partial charge in [-0.2, -0.15) is 0 Å². The highest BCUT2D eigenvalue weighted by Gasteiger charge is 2.58. The van der Waals surface area contributed by atoms with Gasteiger partial charge in [-0.05, 0) is 43.4 Å². The molecule has 2 amide bonds. The molecule has 1 spiro atoms. The van der Waals surface area contributed by atoms with E-state index in [0.29, 0.717) is 55.8 Å². The van der Waals surface area contributed by atoms with Crippen molar-refractivity contribution in [3.63, 3.8) is 0 Å². The van der Waals surface area contributed by atoms with E-state index in [9.17, 15) is 18.4 Å². The first kappa shape index (κ1) is 19.8. The standard InChI is InChI=1S/C23H23F2N3O4/c24-15-9-14(10-16(25)11-15)17-3-4-18-28(17)22(30)23(32-18)5-7-27(8-6-23)21(29)19-20(13-1-2-13)31-12-26-19/h9-13,17-18H,1-8H2/t17-,18?/m0/s1. The Hall–Kier alpha value is -2.81. The maximum absolute atomic E-state index is 13.8. The van der Waals surface area contributed by atoms with Gasteiger partial charge in [-0.15, -0.1) is 0 Å². The monoisotopic (exact) mass is 443 g/mol. The molecule has 2 atom stereocenters. The molecule has 7 nitrogen and oxygen atoms in total. The summed E-state index contributed by atoms with van der Waals surface area (Å²) in [7, 11) is 0. The van der Waals surface area contributed by atoms with Crippen LogP contribution < -0.4 is 0 Å². The number of oxazole rings is 1. The molecule has 0 bridgehead atoms. The van der Waals surface area contributed by atoms with E-state index in [1.807, 2.05) is 0 Å². The van der Waals surface area contributed by atoms with Crippen LogP contribution in [-0.2, 0) is 9.53 Å². The molecular weight excluding hydrogens is 420 g/mol. The molecule has 1 aromatic carbocycles. The Bertz CT molecular complexity index is 1070. The molecule has 168 valence electrons. The summed E-state index contributed by atoms with van der Waals surface area (Å²) in [4.78, 5) is 33.9. The molecule has 1 saturated carbocycles. The number of carbonyl (C=O) groups excluding carboxylic acids is 2. The second kappa shape index (κ2) is 7.10. The van der Waals surface area contributed by atoms with E-state index in [0.717, 1.165) is 18.9 Å². The number of likely N-dealkylation sites (tertiary alicyclic amines) is 1. The van der Waals surface area contributed by atoms with Gasteiger partial charge in [0.2, 0.25) is 0 Å². The highest BCUT2D eigenvalue weighted by Crippen LogP contribution is 2.48. The fraction of sp³-hybridized carbons (Fsp3) is 0.522. The molecule has 0 radical (unpaired) electrons. The summed E-state index contributed by atoms with van der Waals surface area (Å²) >= 11 is 0. The zero-order valence-electron chi connectivity index (χ0n) is 17.4. The molecule has 3 aliphatic heterocycles. The molecule has 32 heavy (non-hydrogen) atoms. The van der Waals surface area contributed by atoms with Crippen LogP contribution in [0.2, 0.25) is 0 Å². The summed E-state index contributed by atoms with van der Waals surface area (Å²) in [6, 6.07) is 2.99. The van der Waals surface area contributed by atoms with E-state index >= 15 is 0 Å². The van der Waals surface area contributed by atoms with E-state index in [1.165, 1.54) is 18.5 Å². The van der Waals surface area contributed by atoms with Crippen LogP contribution in [0.4, 0.5) is 8.78 Å². The van der Waals surface area contributed by atoms with Gasteiger partial charge < -0.3 is 19.0 Å². The second-order valence-corrected chi connectivity index (χ2v) is 9.21. The maximum atomic E-state index is 13.8. The predicted molar refractivity (Wildman–Crippen MR) is 106 cm³/mol. The van der Waals surface area contributed by atoms with Crippen LogP contribution in [0.25, 0.3) is 0 Å².